The van der Waals surface area contributed by atoms with Gasteiger partial charge in [0.15, 0.2) is 0 Å². The maximum absolute atomic E-state index is 14.8. The zero-order valence-electron chi connectivity index (χ0n) is 29.3. The van der Waals surface area contributed by atoms with E-state index in [0.717, 1.165) is 31.6 Å². The fourth-order valence-corrected chi connectivity index (χ4v) is 7.37. The highest BCUT2D eigenvalue weighted by Crippen LogP contribution is 2.36. The van der Waals surface area contributed by atoms with Crippen molar-refractivity contribution in [1.82, 2.24) is 18.9 Å². The third-order valence-corrected chi connectivity index (χ3v) is 10.4. The molecule has 2 aliphatic rings. The van der Waals surface area contributed by atoms with Crippen LogP contribution in [-0.2, 0) is 31.8 Å². The van der Waals surface area contributed by atoms with Gasteiger partial charge in [-0.2, -0.15) is 5.26 Å². The van der Waals surface area contributed by atoms with E-state index in [4.69, 9.17) is 16.3 Å². The summed E-state index contributed by atoms with van der Waals surface area (Å²) in [6.07, 6.45) is 2.48. The molecule has 0 spiro atoms. The minimum Gasteiger partial charge on any atom is -0.508 e. The number of hydrogen-bond acceptors (Lipinski definition) is 6. The number of nitriles is 1. The number of ether oxygens (including phenoxy) is 1. The maximum Gasteiger partial charge on any atom is 0.264 e. The first-order chi connectivity index (χ1) is 24.6. The second kappa shape index (κ2) is 15.3. The molecule has 1 N–H and O–H groups in total. The van der Waals surface area contributed by atoms with E-state index in [1.165, 1.54) is 22.6 Å². The maximum atomic E-state index is 14.8. The van der Waals surface area contributed by atoms with Gasteiger partial charge in [-0.25, -0.2) is 0 Å². The van der Waals surface area contributed by atoms with Crippen molar-refractivity contribution < 1.29 is 19.4 Å². The molecule has 1 fully saturated rings. The number of benzene rings is 3. The van der Waals surface area contributed by atoms with Crippen molar-refractivity contribution >= 4 is 47.2 Å². The molecule has 0 radical (unpaired) electrons. The number of amides is 2. The molecule has 0 aliphatic carbocycles. The van der Waals surface area contributed by atoms with Crippen LogP contribution < -0.4 is 4.90 Å². The van der Waals surface area contributed by atoms with Crippen LogP contribution in [0.1, 0.15) is 43.2 Å². The van der Waals surface area contributed by atoms with E-state index in [1.807, 2.05) is 29.5 Å². The summed E-state index contributed by atoms with van der Waals surface area (Å²) in [6, 6.07) is 25.6. The van der Waals surface area contributed by atoms with Crippen molar-refractivity contribution in [3.8, 4) is 23.1 Å². The largest absolute Gasteiger partial charge is 0.508 e. The highest BCUT2D eigenvalue weighted by molar-refractivity contribution is 6.31. The number of phenols is 1. The Balaban J connectivity index is 0.00000464. The van der Waals surface area contributed by atoms with Gasteiger partial charge in [0.2, 0.25) is 0 Å². The van der Waals surface area contributed by atoms with Gasteiger partial charge in [-0.3, -0.25) is 19.4 Å². The first-order valence-electron chi connectivity index (χ1n) is 17.0. The molecule has 52 heavy (non-hydrogen) atoms. The number of aromatic nitrogens is 2. The molecule has 10 nitrogen and oxygen atoms in total. The van der Waals surface area contributed by atoms with Gasteiger partial charge in [-0.05, 0) is 79.1 Å². The molecule has 0 unspecified atom stereocenters. The third kappa shape index (κ3) is 7.05. The Morgan fingerprint density at radius 2 is 1.67 bits per heavy atom. The number of halogens is 2. The van der Waals surface area contributed by atoms with E-state index in [2.05, 4.69) is 29.2 Å². The number of anilines is 2. The van der Waals surface area contributed by atoms with Crippen LogP contribution in [-0.4, -0.2) is 74.7 Å². The SMILES string of the molecule is Cc1c(C(=O)N(c2ccc(O)cc2)c2cc(C#N)n(C)c2)cc(-c2cc(Cl)ccc2C(=O)N2Cc3ccccc3C[C@H]2CN2CCOCC2)n1C.Cl. The lowest BCUT2D eigenvalue weighted by atomic mass is 9.92. The molecule has 5 aromatic rings. The van der Waals surface area contributed by atoms with Crippen LogP contribution in [0, 0.1) is 18.3 Å². The molecule has 0 saturated carbocycles. The molecule has 0 bridgehead atoms. The quantitative estimate of drug-likeness (QED) is 0.195. The number of carbonyl (C=O) groups excluding carboxylic acids is 2. The predicted molar refractivity (Wildman–Crippen MR) is 204 cm³/mol. The van der Waals surface area contributed by atoms with Crippen LogP contribution in [0.25, 0.3) is 11.3 Å². The van der Waals surface area contributed by atoms with E-state index >= 15 is 0 Å². The molecule has 1 saturated heterocycles. The number of aryl methyl sites for hydroxylation is 1. The monoisotopic (exact) mass is 738 g/mol. The Hall–Kier alpha value is -5.05. The van der Waals surface area contributed by atoms with Crippen LogP contribution in [0.4, 0.5) is 11.4 Å². The number of carbonyl (C=O) groups is 2. The van der Waals surface area contributed by atoms with E-state index in [9.17, 15) is 20.0 Å². The highest BCUT2D eigenvalue weighted by Gasteiger charge is 2.34. The van der Waals surface area contributed by atoms with Gasteiger partial charge in [0.05, 0.1) is 24.5 Å². The smallest absolute Gasteiger partial charge is 0.264 e. The normalized spacial score (nSPS) is 15.8. The lowest BCUT2D eigenvalue weighted by molar-refractivity contribution is 0.0193. The highest BCUT2D eigenvalue weighted by atomic mass is 35.5. The molecular formula is C40H40Cl2N6O4. The minimum atomic E-state index is -0.330. The van der Waals surface area contributed by atoms with Gasteiger partial charge in [0.25, 0.3) is 11.8 Å². The van der Waals surface area contributed by atoms with Gasteiger partial charge in [-0.1, -0.05) is 35.9 Å². The van der Waals surface area contributed by atoms with Crippen molar-refractivity contribution in [2.24, 2.45) is 14.1 Å². The number of rotatable bonds is 7. The van der Waals surface area contributed by atoms with Crippen molar-refractivity contribution in [2.75, 3.05) is 37.7 Å². The average molecular weight is 740 g/mol. The van der Waals surface area contributed by atoms with Crippen LogP contribution in [0.5, 0.6) is 5.75 Å². The van der Waals surface area contributed by atoms with E-state index in [0.29, 0.717) is 69.9 Å². The van der Waals surface area contributed by atoms with Crippen LogP contribution in [0.15, 0.2) is 85.1 Å². The molecule has 12 heteroatoms. The topological polar surface area (TPSA) is 107 Å². The first-order valence-corrected chi connectivity index (χ1v) is 17.3. The Labute approximate surface area is 314 Å². The zero-order valence-corrected chi connectivity index (χ0v) is 30.8. The number of phenolic OH excluding ortho intramolecular Hbond substituents is 1. The van der Waals surface area contributed by atoms with Gasteiger partial charge < -0.3 is 23.9 Å². The summed E-state index contributed by atoms with van der Waals surface area (Å²) < 4.78 is 9.17. The number of hydrogen-bond donors (Lipinski definition) is 1. The van der Waals surface area contributed by atoms with Gasteiger partial charge >= 0.3 is 0 Å². The minimum absolute atomic E-state index is 0. The fourth-order valence-electron chi connectivity index (χ4n) is 7.20. The molecule has 7 rings (SSSR count). The van der Waals surface area contributed by atoms with Gasteiger partial charge in [-0.15, -0.1) is 12.4 Å². The van der Waals surface area contributed by atoms with Crippen molar-refractivity contribution in [3.05, 3.63) is 124 Å². The molecule has 2 aromatic heterocycles. The number of fused-ring (bicyclic) bond motifs is 1. The molecule has 3 aromatic carbocycles. The Morgan fingerprint density at radius 3 is 2.37 bits per heavy atom. The van der Waals surface area contributed by atoms with Crippen molar-refractivity contribution in [1.29, 1.82) is 5.26 Å². The summed E-state index contributed by atoms with van der Waals surface area (Å²) >= 11 is 6.62. The summed E-state index contributed by atoms with van der Waals surface area (Å²) in [6.45, 7) is 6.12. The van der Waals surface area contributed by atoms with Gasteiger partial charge in [0, 0.05) is 85.7 Å². The summed E-state index contributed by atoms with van der Waals surface area (Å²) in [7, 11) is 3.62. The van der Waals surface area contributed by atoms with Crippen molar-refractivity contribution in [2.45, 2.75) is 25.9 Å². The lowest BCUT2D eigenvalue weighted by Crippen LogP contribution is -2.52. The second-order valence-corrected chi connectivity index (χ2v) is 13.6. The fraction of sp³-hybridized carbons (Fsp3) is 0.275. The molecule has 268 valence electrons. The number of aromatic hydroxyl groups is 1. The van der Waals surface area contributed by atoms with E-state index in [-0.39, 0.29) is 36.0 Å². The summed E-state index contributed by atoms with van der Waals surface area (Å²) in [4.78, 5) is 35.2. The Kier molecular flexibility index (Phi) is 10.8. The third-order valence-electron chi connectivity index (χ3n) is 10.1. The summed E-state index contributed by atoms with van der Waals surface area (Å²) in [5.74, 6) is -0.360. The van der Waals surface area contributed by atoms with E-state index in [1.54, 1.807) is 60.3 Å². The Morgan fingerprint density at radius 1 is 0.962 bits per heavy atom. The van der Waals surface area contributed by atoms with Crippen LogP contribution in [0.2, 0.25) is 5.02 Å². The summed E-state index contributed by atoms with van der Waals surface area (Å²) in [5.41, 5.74) is 6.71. The molecular weight excluding hydrogens is 699 g/mol. The first kappa shape index (κ1) is 36.7. The lowest BCUT2D eigenvalue weighted by Gasteiger charge is -2.40. The second-order valence-electron chi connectivity index (χ2n) is 13.2. The predicted octanol–water partition coefficient (Wildman–Crippen LogP) is 6.87. The molecule has 2 amide bonds. The number of morpholine rings is 1. The summed E-state index contributed by atoms with van der Waals surface area (Å²) in [5, 5.41) is 20.1. The molecule has 2 aliphatic heterocycles. The van der Waals surface area contributed by atoms with Crippen molar-refractivity contribution in [3.63, 3.8) is 0 Å². The van der Waals surface area contributed by atoms with E-state index < -0.39 is 0 Å². The molecule has 1 atom stereocenters. The molecule has 4 heterocycles. The standard InChI is InChI=1S/C40H39ClN6O4.ClH/c1-26-36(40(50)47(30-9-11-34(48)12-10-30)33-20-31(22-42)43(2)24-33)21-38(44(26)3)37-19-29(41)8-13-35(37)39(49)46-23-28-7-5-4-6-27(28)18-32(46)25-45-14-16-51-17-15-45;/h4-13,19-21,24,32,48H,14-18,23,25H2,1-3H3;1H/t32-;/m0./s1. The Bertz CT molecular complexity index is 2160. The van der Waals surface area contributed by atoms with Gasteiger partial charge in [0.1, 0.15) is 17.5 Å². The van der Waals surface area contributed by atoms with Crippen LogP contribution in [0.3, 0.4) is 0 Å². The zero-order chi connectivity index (χ0) is 35.8. The van der Waals surface area contributed by atoms with Crippen LogP contribution >= 0.6 is 24.0 Å². The number of nitrogens with zero attached hydrogens (tertiary/aromatic N) is 6. The average Bonchev–Trinajstić information content (AvgIpc) is 3.66.